The Kier molecular flexibility index (Phi) is 9.93. The first kappa shape index (κ1) is 27.4. The van der Waals surface area contributed by atoms with E-state index in [4.69, 9.17) is 19.6 Å². The van der Waals surface area contributed by atoms with Crippen molar-refractivity contribution in [1.82, 2.24) is 19.7 Å². The van der Waals surface area contributed by atoms with Crippen LogP contribution in [-0.4, -0.2) is 53.0 Å². The number of hydrogen-bond donors (Lipinski definition) is 0. The van der Waals surface area contributed by atoms with Gasteiger partial charge in [0.05, 0.1) is 19.4 Å². The van der Waals surface area contributed by atoms with Gasteiger partial charge in [0.15, 0.2) is 5.82 Å². The summed E-state index contributed by atoms with van der Waals surface area (Å²) in [5, 5.41) is 4.91. The van der Waals surface area contributed by atoms with Crippen molar-refractivity contribution >= 4 is 0 Å². The van der Waals surface area contributed by atoms with Crippen LogP contribution in [0.1, 0.15) is 45.9 Å². The molecule has 1 heterocycles. The van der Waals surface area contributed by atoms with E-state index in [1.54, 1.807) is 7.11 Å². The van der Waals surface area contributed by atoms with Crippen LogP contribution in [0.3, 0.4) is 0 Å². The molecule has 3 aromatic carbocycles. The molecule has 4 aromatic rings. The maximum absolute atomic E-state index is 5.97. The van der Waals surface area contributed by atoms with E-state index < -0.39 is 0 Å². The normalized spacial score (nSPS) is 11.2. The number of unbranched alkanes of at least 4 members (excludes halogenated alkanes) is 1. The summed E-state index contributed by atoms with van der Waals surface area (Å²) in [7, 11) is 1.68. The lowest BCUT2D eigenvalue weighted by molar-refractivity contribution is 0.249. The van der Waals surface area contributed by atoms with Gasteiger partial charge >= 0.3 is 0 Å². The highest BCUT2D eigenvalue weighted by atomic mass is 16.5. The van der Waals surface area contributed by atoms with E-state index in [0.29, 0.717) is 0 Å². The van der Waals surface area contributed by atoms with Gasteiger partial charge in [-0.25, -0.2) is 9.67 Å². The molecular weight excluding hydrogens is 472 g/mol. The monoisotopic (exact) mass is 512 g/mol. The van der Waals surface area contributed by atoms with Gasteiger partial charge in [-0.15, -0.1) is 5.10 Å². The van der Waals surface area contributed by atoms with Crippen LogP contribution in [0.5, 0.6) is 11.5 Å². The average molecular weight is 513 g/mol. The number of nitrogens with zero attached hydrogens (tertiary/aromatic N) is 4. The maximum Gasteiger partial charge on any atom is 0.181 e. The van der Waals surface area contributed by atoms with Crippen LogP contribution in [-0.2, 0) is 6.42 Å². The fourth-order valence-corrected chi connectivity index (χ4v) is 4.47. The van der Waals surface area contributed by atoms with Crippen LogP contribution in [0, 0.1) is 0 Å². The van der Waals surface area contributed by atoms with Gasteiger partial charge in [0.1, 0.15) is 17.3 Å². The van der Waals surface area contributed by atoms with E-state index in [0.717, 1.165) is 97.5 Å². The van der Waals surface area contributed by atoms with Gasteiger partial charge in [-0.1, -0.05) is 51.5 Å². The fourth-order valence-electron chi connectivity index (χ4n) is 4.47. The first-order valence-corrected chi connectivity index (χ1v) is 13.8. The Morgan fingerprint density at radius 3 is 1.95 bits per heavy atom. The Hall–Kier alpha value is -3.64. The molecule has 0 saturated heterocycles. The van der Waals surface area contributed by atoms with Crippen LogP contribution in [0.2, 0.25) is 0 Å². The lowest BCUT2D eigenvalue weighted by atomic mass is 10.1. The summed E-state index contributed by atoms with van der Waals surface area (Å²) < 4.78 is 13.2. The molecule has 0 unspecified atom stereocenters. The van der Waals surface area contributed by atoms with E-state index in [-0.39, 0.29) is 0 Å². The molecule has 0 spiro atoms. The van der Waals surface area contributed by atoms with Crippen molar-refractivity contribution in [3.8, 4) is 39.7 Å². The van der Waals surface area contributed by atoms with Crippen LogP contribution in [0.15, 0.2) is 72.8 Å². The lowest BCUT2D eigenvalue weighted by Gasteiger charge is -2.17. The molecule has 0 aliphatic heterocycles. The van der Waals surface area contributed by atoms with Crippen LogP contribution in [0.25, 0.3) is 28.2 Å². The first-order valence-electron chi connectivity index (χ1n) is 13.8. The summed E-state index contributed by atoms with van der Waals surface area (Å²) in [4.78, 5) is 7.34. The number of aromatic nitrogens is 3. The van der Waals surface area contributed by atoms with Crippen LogP contribution in [0.4, 0.5) is 0 Å². The Labute approximate surface area is 227 Å². The lowest BCUT2D eigenvalue weighted by Crippen LogP contribution is -2.25. The zero-order valence-electron chi connectivity index (χ0n) is 23.2. The summed E-state index contributed by atoms with van der Waals surface area (Å²) in [6.45, 7) is 10.5. The van der Waals surface area contributed by atoms with Gasteiger partial charge in [-0.3, -0.25) is 0 Å². The summed E-state index contributed by atoms with van der Waals surface area (Å²) in [6, 6.07) is 24.8. The average Bonchev–Trinajstić information content (AvgIpc) is 3.41. The Bertz CT molecular complexity index is 1240. The third kappa shape index (κ3) is 7.01. The summed E-state index contributed by atoms with van der Waals surface area (Å²) in [5.41, 5.74) is 4.31. The Morgan fingerprint density at radius 1 is 0.737 bits per heavy atom. The highest BCUT2D eigenvalue weighted by molar-refractivity contribution is 5.65. The predicted molar refractivity (Wildman–Crippen MR) is 155 cm³/mol. The van der Waals surface area contributed by atoms with Crippen LogP contribution < -0.4 is 9.47 Å². The molecule has 0 N–H and O–H groups in total. The minimum atomic E-state index is 0.719. The molecule has 0 bridgehead atoms. The van der Waals surface area contributed by atoms with Crippen molar-refractivity contribution in [3.63, 3.8) is 0 Å². The molecule has 0 fully saturated rings. The number of methoxy groups -OCH3 is 1. The standard InChI is InChI=1S/C32H40N4O2/c1-5-8-10-31-33-32(27-15-21-30(22-16-27)38-24-9-23-35(6-2)7-3)34-36(31)28-17-11-25(12-18-28)26-13-19-29(37-4)20-14-26/h11-22H,5-10,23-24H2,1-4H3. The second kappa shape index (κ2) is 13.8. The highest BCUT2D eigenvalue weighted by Gasteiger charge is 2.14. The van der Waals surface area contributed by atoms with Gasteiger partial charge < -0.3 is 14.4 Å². The van der Waals surface area contributed by atoms with Crippen molar-refractivity contribution in [2.45, 2.75) is 46.5 Å². The molecule has 200 valence electrons. The van der Waals surface area contributed by atoms with E-state index >= 15 is 0 Å². The largest absolute Gasteiger partial charge is 0.497 e. The molecule has 1 aromatic heterocycles. The topological polar surface area (TPSA) is 52.4 Å². The van der Waals surface area contributed by atoms with E-state index in [1.165, 1.54) is 0 Å². The molecule has 0 radical (unpaired) electrons. The van der Waals surface area contributed by atoms with Gasteiger partial charge in [-0.05, 0) is 85.6 Å². The van der Waals surface area contributed by atoms with E-state index in [2.05, 4.69) is 74.2 Å². The second-order valence-corrected chi connectivity index (χ2v) is 9.40. The summed E-state index contributed by atoms with van der Waals surface area (Å²) >= 11 is 0. The molecule has 0 amide bonds. The number of aryl methyl sites for hydroxylation is 1. The van der Waals surface area contributed by atoms with Gasteiger partial charge in [0.25, 0.3) is 0 Å². The predicted octanol–water partition coefficient (Wildman–Crippen LogP) is 7.06. The molecule has 0 atom stereocenters. The minimum Gasteiger partial charge on any atom is -0.497 e. The number of ether oxygens (including phenoxy) is 2. The minimum absolute atomic E-state index is 0.719. The smallest absolute Gasteiger partial charge is 0.181 e. The Balaban J connectivity index is 1.48. The third-order valence-corrected chi connectivity index (χ3v) is 6.86. The van der Waals surface area contributed by atoms with Crippen molar-refractivity contribution in [2.24, 2.45) is 0 Å². The van der Waals surface area contributed by atoms with Crippen molar-refractivity contribution < 1.29 is 9.47 Å². The fraction of sp³-hybridized carbons (Fsp3) is 0.375. The summed E-state index contributed by atoms with van der Waals surface area (Å²) in [6.07, 6.45) is 4.09. The van der Waals surface area contributed by atoms with Crippen molar-refractivity contribution in [1.29, 1.82) is 0 Å². The first-order chi connectivity index (χ1) is 18.6. The molecule has 0 aliphatic rings. The third-order valence-electron chi connectivity index (χ3n) is 6.86. The number of hydrogen-bond acceptors (Lipinski definition) is 5. The van der Waals surface area contributed by atoms with Crippen molar-refractivity contribution in [2.75, 3.05) is 33.4 Å². The van der Waals surface area contributed by atoms with Gasteiger partial charge in [0.2, 0.25) is 0 Å². The van der Waals surface area contributed by atoms with Gasteiger partial charge in [0, 0.05) is 18.5 Å². The van der Waals surface area contributed by atoms with Gasteiger partial charge in [-0.2, -0.15) is 0 Å². The molecule has 6 heteroatoms. The maximum atomic E-state index is 5.97. The van der Waals surface area contributed by atoms with Crippen molar-refractivity contribution in [3.05, 3.63) is 78.6 Å². The zero-order chi connectivity index (χ0) is 26.7. The highest BCUT2D eigenvalue weighted by Crippen LogP contribution is 2.26. The zero-order valence-corrected chi connectivity index (χ0v) is 23.2. The SMILES string of the molecule is CCCCc1nc(-c2ccc(OCCCN(CC)CC)cc2)nn1-c1ccc(-c2ccc(OC)cc2)cc1. The molecule has 38 heavy (non-hydrogen) atoms. The second-order valence-electron chi connectivity index (χ2n) is 9.40. The summed E-state index contributed by atoms with van der Waals surface area (Å²) in [5.74, 6) is 3.46. The molecule has 6 nitrogen and oxygen atoms in total. The van der Waals surface area contributed by atoms with E-state index in [1.807, 2.05) is 28.9 Å². The quantitative estimate of drug-likeness (QED) is 0.169. The number of benzene rings is 3. The molecular formula is C32H40N4O2. The molecule has 0 saturated carbocycles. The van der Waals surface area contributed by atoms with Crippen LogP contribution >= 0.6 is 0 Å². The molecule has 0 aliphatic carbocycles. The molecule has 4 rings (SSSR count). The number of rotatable bonds is 14. The van der Waals surface area contributed by atoms with E-state index in [9.17, 15) is 0 Å². The Morgan fingerprint density at radius 2 is 1.34 bits per heavy atom.